The summed E-state index contributed by atoms with van der Waals surface area (Å²) in [5.74, 6) is -0.404. The van der Waals surface area contributed by atoms with E-state index >= 15 is 0 Å². The summed E-state index contributed by atoms with van der Waals surface area (Å²) < 4.78 is 9.63. The average Bonchev–Trinajstić information content (AvgIpc) is 2.31. The molecule has 2 N–H and O–H groups in total. The van der Waals surface area contributed by atoms with E-state index < -0.39 is 12.1 Å². The summed E-state index contributed by atoms with van der Waals surface area (Å²) in [5.41, 5.74) is 0.251. The van der Waals surface area contributed by atoms with Crippen LogP contribution in [0.25, 0.3) is 0 Å². The van der Waals surface area contributed by atoms with Gasteiger partial charge in [0.2, 0.25) is 0 Å². The van der Waals surface area contributed by atoms with E-state index in [0.717, 1.165) is 0 Å². The Morgan fingerprint density at radius 1 is 1.47 bits per heavy atom. The number of rotatable bonds is 5. The average molecular weight is 240 g/mol. The molecule has 0 aliphatic carbocycles. The van der Waals surface area contributed by atoms with E-state index in [9.17, 15) is 15.0 Å². The Balaban J connectivity index is 2.89. The van der Waals surface area contributed by atoms with Crippen LogP contribution >= 0.6 is 0 Å². The zero-order valence-corrected chi connectivity index (χ0v) is 9.84. The topological polar surface area (TPSA) is 76.0 Å². The number of aliphatic hydroxyl groups is 1. The normalized spacial score (nSPS) is 11.9. The second-order valence-electron chi connectivity index (χ2n) is 3.42. The van der Waals surface area contributed by atoms with Crippen molar-refractivity contribution in [2.24, 2.45) is 0 Å². The first-order valence-corrected chi connectivity index (χ1v) is 5.29. The fourth-order valence-electron chi connectivity index (χ4n) is 1.43. The number of phenolic OH excluding ortho intramolecular Hbond substituents is 1. The molecule has 0 fully saturated rings. The van der Waals surface area contributed by atoms with Gasteiger partial charge in [0.1, 0.15) is 0 Å². The monoisotopic (exact) mass is 240 g/mol. The number of hydrogen-bond donors (Lipinski definition) is 2. The molecule has 0 radical (unpaired) electrons. The summed E-state index contributed by atoms with van der Waals surface area (Å²) in [4.78, 5) is 11.0. The summed E-state index contributed by atoms with van der Waals surface area (Å²) in [5, 5.41) is 19.6. The first kappa shape index (κ1) is 13.3. The van der Waals surface area contributed by atoms with Crippen molar-refractivity contribution < 1.29 is 24.5 Å². The molecule has 5 heteroatoms. The van der Waals surface area contributed by atoms with Crippen LogP contribution in [0.4, 0.5) is 0 Å². The Morgan fingerprint density at radius 2 is 2.18 bits per heavy atom. The number of carbonyl (C=O) groups is 1. The zero-order valence-electron chi connectivity index (χ0n) is 9.84. The molecule has 0 spiro atoms. The molecule has 0 aliphatic rings. The van der Waals surface area contributed by atoms with Crippen LogP contribution in [-0.2, 0) is 9.53 Å². The van der Waals surface area contributed by atoms with Crippen molar-refractivity contribution in [2.45, 2.75) is 19.4 Å². The summed E-state index contributed by atoms with van der Waals surface area (Å²) in [6, 6.07) is 4.76. The largest absolute Gasteiger partial charge is 0.504 e. The van der Waals surface area contributed by atoms with Gasteiger partial charge >= 0.3 is 5.97 Å². The molecule has 0 saturated carbocycles. The number of ether oxygens (including phenoxy) is 2. The van der Waals surface area contributed by atoms with Crippen molar-refractivity contribution in [1.29, 1.82) is 0 Å². The highest BCUT2D eigenvalue weighted by molar-refractivity contribution is 5.70. The van der Waals surface area contributed by atoms with E-state index in [4.69, 9.17) is 4.74 Å². The lowest BCUT2D eigenvalue weighted by atomic mass is 10.1. The lowest BCUT2D eigenvalue weighted by Crippen LogP contribution is -2.08. The maximum Gasteiger partial charge on any atom is 0.308 e. The summed E-state index contributed by atoms with van der Waals surface area (Å²) in [7, 11) is 1.24. The van der Waals surface area contributed by atoms with Gasteiger partial charge in [-0.05, 0) is 13.0 Å². The molecular formula is C12H16O5. The van der Waals surface area contributed by atoms with Gasteiger partial charge in [-0.3, -0.25) is 4.79 Å². The number of carbonyl (C=O) groups excluding carboxylic acids is 1. The van der Waals surface area contributed by atoms with Crippen LogP contribution in [0.2, 0.25) is 0 Å². The Bertz CT molecular complexity index is 388. The highest BCUT2D eigenvalue weighted by Crippen LogP contribution is 2.34. The smallest absolute Gasteiger partial charge is 0.308 e. The van der Waals surface area contributed by atoms with Crippen molar-refractivity contribution >= 4 is 5.97 Å². The standard InChI is InChI=1S/C12H16O5/c1-3-17-10-6-4-5-8(12(10)15)9(13)7-11(14)16-2/h4-6,9,13,15H,3,7H2,1-2H3/t9-/m1/s1. The van der Waals surface area contributed by atoms with Gasteiger partial charge in [-0.1, -0.05) is 12.1 Å². The van der Waals surface area contributed by atoms with Crippen molar-refractivity contribution in [2.75, 3.05) is 13.7 Å². The lowest BCUT2D eigenvalue weighted by molar-refractivity contribution is -0.142. The van der Waals surface area contributed by atoms with E-state index in [1.54, 1.807) is 19.1 Å². The first-order chi connectivity index (χ1) is 8.10. The number of esters is 1. The van der Waals surface area contributed by atoms with E-state index in [1.807, 2.05) is 0 Å². The number of methoxy groups -OCH3 is 1. The number of hydrogen-bond acceptors (Lipinski definition) is 5. The van der Waals surface area contributed by atoms with Crippen molar-refractivity contribution in [3.63, 3.8) is 0 Å². The molecule has 0 heterocycles. The summed E-state index contributed by atoms with van der Waals surface area (Å²) >= 11 is 0. The Hall–Kier alpha value is -1.75. The van der Waals surface area contributed by atoms with Crippen LogP contribution in [0.15, 0.2) is 18.2 Å². The number of phenols is 1. The van der Waals surface area contributed by atoms with Crippen LogP contribution in [0, 0.1) is 0 Å². The number of para-hydroxylation sites is 1. The SMILES string of the molecule is CCOc1cccc([C@H](O)CC(=O)OC)c1O. The molecule has 0 bridgehead atoms. The molecule has 0 unspecified atom stereocenters. The van der Waals surface area contributed by atoms with Gasteiger partial charge in [-0.2, -0.15) is 0 Å². The molecule has 0 aromatic heterocycles. The predicted octanol–water partition coefficient (Wildman–Crippen LogP) is 1.39. The third-order valence-corrected chi connectivity index (χ3v) is 2.28. The van der Waals surface area contributed by atoms with Gasteiger partial charge in [0, 0.05) is 5.56 Å². The van der Waals surface area contributed by atoms with E-state index in [-0.39, 0.29) is 23.5 Å². The summed E-state index contributed by atoms with van der Waals surface area (Å²) in [6.45, 7) is 2.20. The van der Waals surface area contributed by atoms with Crippen molar-refractivity contribution in [3.8, 4) is 11.5 Å². The Kier molecular flexibility index (Phi) is 4.78. The van der Waals surface area contributed by atoms with Crippen LogP contribution in [0.1, 0.15) is 25.0 Å². The van der Waals surface area contributed by atoms with Crippen LogP contribution in [-0.4, -0.2) is 29.9 Å². The quantitative estimate of drug-likeness (QED) is 0.760. The molecule has 17 heavy (non-hydrogen) atoms. The highest BCUT2D eigenvalue weighted by Gasteiger charge is 2.18. The molecule has 1 rings (SSSR count). The maximum atomic E-state index is 11.0. The summed E-state index contributed by atoms with van der Waals surface area (Å²) in [6.07, 6.45) is -1.32. The third-order valence-electron chi connectivity index (χ3n) is 2.28. The van der Waals surface area contributed by atoms with Crippen LogP contribution in [0.5, 0.6) is 11.5 Å². The molecule has 1 aromatic carbocycles. The van der Waals surface area contributed by atoms with Crippen molar-refractivity contribution in [1.82, 2.24) is 0 Å². The third kappa shape index (κ3) is 3.35. The van der Waals surface area contributed by atoms with Gasteiger partial charge < -0.3 is 19.7 Å². The maximum absolute atomic E-state index is 11.0. The minimum absolute atomic E-state index is 0.147. The molecule has 0 saturated heterocycles. The van der Waals surface area contributed by atoms with Crippen molar-refractivity contribution in [3.05, 3.63) is 23.8 Å². The van der Waals surface area contributed by atoms with Gasteiger partial charge in [-0.25, -0.2) is 0 Å². The second-order valence-corrected chi connectivity index (χ2v) is 3.42. The van der Waals surface area contributed by atoms with E-state index in [2.05, 4.69) is 4.74 Å². The molecular weight excluding hydrogens is 224 g/mol. The predicted molar refractivity (Wildman–Crippen MR) is 60.9 cm³/mol. The van der Waals surface area contributed by atoms with Gasteiger partial charge in [0.25, 0.3) is 0 Å². The van der Waals surface area contributed by atoms with Gasteiger partial charge in [0.05, 0.1) is 26.2 Å². The zero-order chi connectivity index (χ0) is 12.8. The number of aromatic hydroxyl groups is 1. The lowest BCUT2D eigenvalue weighted by Gasteiger charge is -2.14. The van der Waals surface area contributed by atoms with E-state index in [0.29, 0.717) is 6.61 Å². The molecule has 94 valence electrons. The fourth-order valence-corrected chi connectivity index (χ4v) is 1.43. The minimum atomic E-state index is -1.11. The highest BCUT2D eigenvalue weighted by atomic mass is 16.5. The molecule has 1 aromatic rings. The number of aliphatic hydroxyl groups excluding tert-OH is 1. The van der Waals surface area contributed by atoms with Gasteiger partial charge in [-0.15, -0.1) is 0 Å². The van der Waals surface area contributed by atoms with E-state index in [1.165, 1.54) is 13.2 Å². The van der Waals surface area contributed by atoms with Gasteiger partial charge in [0.15, 0.2) is 11.5 Å². The Morgan fingerprint density at radius 3 is 2.76 bits per heavy atom. The molecule has 0 amide bonds. The molecule has 1 atom stereocenters. The second kappa shape index (κ2) is 6.10. The van der Waals surface area contributed by atoms with Crippen LogP contribution < -0.4 is 4.74 Å². The minimum Gasteiger partial charge on any atom is -0.504 e. The first-order valence-electron chi connectivity index (χ1n) is 5.29. The molecule has 5 nitrogen and oxygen atoms in total. The van der Waals surface area contributed by atoms with Crippen LogP contribution in [0.3, 0.4) is 0 Å². The number of benzene rings is 1. The fraction of sp³-hybridized carbons (Fsp3) is 0.417. The molecule has 0 aliphatic heterocycles. The Labute approximate surface area is 99.6 Å².